The summed E-state index contributed by atoms with van der Waals surface area (Å²) >= 11 is 0. The molecule has 0 aliphatic rings. The van der Waals surface area contributed by atoms with E-state index in [4.69, 9.17) is 0 Å². The zero-order chi connectivity index (χ0) is 10.8. The van der Waals surface area contributed by atoms with Crippen molar-refractivity contribution in [1.82, 2.24) is 10.0 Å². The van der Waals surface area contributed by atoms with Gasteiger partial charge in [0.1, 0.15) is 0 Å². The first-order chi connectivity index (χ1) is 6.79. The molecule has 0 aliphatic heterocycles. The Kier molecular flexibility index (Phi) is 19.2. The van der Waals surface area contributed by atoms with E-state index in [1.807, 2.05) is 24.3 Å². The van der Waals surface area contributed by atoms with Crippen molar-refractivity contribution in [3.05, 3.63) is 50.6 Å². The maximum atomic E-state index is 3.73. The van der Waals surface area contributed by atoms with Crippen LogP contribution in [0.4, 0.5) is 0 Å². The normalized spacial score (nSPS) is 8.88. The van der Waals surface area contributed by atoms with Crippen molar-refractivity contribution >= 4 is 29.4 Å². The highest BCUT2D eigenvalue weighted by Gasteiger charge is 2.08. The van der Waals surface area contributed by atoms with Crippen molar-refractivity contribution in [2.45, 2.75) is 0 Å². The lowest BCUT2D eigenvalue weighted by atomic mass is 10.4. The summed E-state index contributed by atoms with van der Waals surface area (Å²) in [6.45, 7) is 18.2. The molecule has 0 unspecified atom stereocenters. The van der Waals surface area contributed by atoms with Crippen molar-refractivity contribution < 1.29 is 0 Å². The van der Waals surface area contributed by atoms with Gasteiger partial charge in [0, 0.05) is 26.2 Å². The van der Waals surface area contributed by atoms with Gasteiger partial charge in [0.05, 0.1) is 0 Å². The van der Waals surface area contributed by atoms with Gasteiger partial charge in [0.25, 0.3) is 0 Å². The Morgan fingerprint density at radius 2 is 0.812 bits per heavy atom. The topological polar surface area (TPSA) is 6.48 Å². The summed E-state index contributed by atoms with van der Waals surface area (Å²) in [6.07, 6.45) is 7.51. The minimum atomic E-state index is 0. The monoisotopic (exact) mass is 308 g/mol. The van der Waals surface area contributed by atoms with Gasteiger partial charge in [0.2, 0.25) is 0 Å². The largest absolute Gasteiger partial charge is 0.234 e. The van der Waals surface area contributed by atoms with Crippen LogP contribution in [-0.2, 0) is 0 Å². The van der Waals surface area contributed by atoms with E-state index in [1.165, 1.54) is 0 Å². The standard InChI is InChI=1S/C12H20N2.BrH.ClH/c1-5-9-13(10-6-2)14(11-7-3)12-8-4;;/h5-8H,1-4,9-12H2;2*1H. The Labute approximate surface area is 116 Å². The molecule has 16 heavy (non-hydrogen) atoms. The van der Waals surface area contributed by atoms with Gasteiger partial charge >= 0.3 is 0 Å². The van der Waals surface area contributed by atoms with E-state index in [9.17, 15) is 0 Å². The van der Waals surface area contributed by atoms with Gasteiger partial charge in [-0.15, -0.1) is 55.7 Å². The summed E-state index contributed by atoms with van der Waals surface area (Å²) in [7, 11) is 0. The van der Waals surface area contributed by atoms with E-state index in [0.29, 0.717) is 0 Å². The van der Waals surface area contributed by atoms with Crippen LogP contribution in [0.15, 0.2) is 50.6 Å². The zero-order valence-corrected chi connectivity index (χ0v) is 12.2. The molecule has 0 aromatic carbocycles. The minimum absolute atomic E-state index is 0. The van der Waals surface area contributed by atoms with Gasteiger partial charge in [-0.25, -0.2) is 10.0 Å². The molecular weight excluding hydrogens is 288 g/mol. The molecule has 2 nitrogen and oxygen atoms in total. The fourth-order valence-corrected chi connectivity index (χ4v) is 1.21. The number of halogens is 2. The van der Waals surface area contributed by atoms with Crippen LogP contribution in [0.5, 0.6) is 0 Å². The molecule has 4 heteroatoms. The van der Waals surface area contributed by atoms with Crippen LogP contribution in [0, 0.1) is 0 Å². The lowest BCUT2D eigenvalue weighted by Gasteiger charge is -2.31. The SMILES string of the molecule is Br.C=CCN(CC=C)N(CC=C)CC=C.Cl. The Hall–Kier alpha value is -0.350. The lowest BCUT2D eigenvalue weighted by molar-refractivity contribution is 0.0192. The molecule has 0 atom stereocenters. The quantitative estimate of drug-likeness (QED) is 0.476. The molecule has 0 radical (unpaired) electrons. The van der Waals surface area contributed by atoms with Gasteiger partial charge in [-0.05, 0) is 0 Å². The summed E-state index contributed by atoms with van der Waals surface area (Å²) in [6, 6.07) is 0. The maximum Gasteiger partial charge on any atom is 0.0315 e. The third-order valence-corrected chi connectivity index (χ3v) is 1.76. The molecule has 0 heterocycles. The van der Waals surface area contributed by atoms with Gasteiger partial charge < -0.3 is 0 Å². The van der Waals surface area contributed by atoms with Gasteiger partial charge in [-0.1, -0.05) is 24.3 Å². The van der Waals surface area contributed by atoms with E-state index >= 15 is 0 Å². The van der Waals surface area contributed by atoms with Crippen LogP contribution in [0.1, 0.15) is 0 Å². The van der Waals surface area contributed by atoms with E-state index in [2.05, 4.69) is 36.3 Å². The molecule has 0 spiro atoms. The summed E-state index contributed by atoms with van der Waals surface area (Å²) in [5, 5.41) is 4.31. The molecule has 0 bridgehead atoms. The summed E-state index contributed by atoms with van der Waals surface area (Å²) < 4.78 is 0. The molecule has 0 saturated carbocycles. The Balaban J connectivity index is -0.000000845. The van der Waals surface area contributed by atoms with E-state index in [1.54, 1.807) is 0 Å². The molecule has 94 valence electrons. The average molecular weight is 310 g/mol. The third-order valence-electron chi connectivity index (χ3n) is 1.76. The van der Waals surface area contributed by atoms with E-state index in [-0.39, 0.29) is 29.4 Å². The van der Waals surface area contributed by atoms with Crippen molar-refractivity contribution in [2.75, 3.05) is 26.2 Å². The molecule has 0 aromatic rings. The highest BCUT2D eigenvalue weighted by atomic mass is 79.9. The minimum Gasteiger partial charge on any atom is -0.234 e. The first kappa shape index (κ1) is 21.0. The second-order valence-electron chi connectivity index (χ2n) is 2.90. The summed E-state index contributed by atoms with van der Waals surface area (Å²) in [5.74, 6) is 0. The maximum absolute atomic E-state index is 3.73. The van der Waals surface area contributed by atoms with E-state index in [0.717, 1.165) is 26.2 Å². The molecule has 0 fully saturated rings. The van der Waals surface area contributed by atoms with Crippen molar-refractivity contribution in [3.63, 3.8) is 0 Å². The number of hydrogen-bond donors (Lipinski definition) is 0. The number of hydrogen-bond acceptors (Lipinski definition) is 2. The number of nitrogens with zero attached hydrogens (tertiary/aromatic N) is 2. The fourth-order valence-electron chi connectivity index (χ4n) is 1.21. The van der Waals surface area contributed by atoms with Crippen LogP contribution in [0.3, 0.4) is 0 Å². The first-order valence-electron chi connectivity index (χ1n) is 4.73. The molecular formula is C12H22BrClN2. The van der Waals surface area contributed by atoms with Gasteiger partial charge in [-0.2, -0.15) is 0 Å². The third kappa shape index (κ3) is 8.92. The summed E-state index contributed by atoms with van der Waals surface area (Å²) in [5.41, 5.74) is 0. The Morgan fingerprint density at radius 1 is 0.625 bits per heavy atom. The molecule has 0 saturated heterocycles. The zero-order valence-electron chi connectivity index (χ0n) is 9.68. The van der Waals surface area contributed by atoms with Crippen LogP contribution < -0.4 is 0 Å². The van der Waals surface area contributed by atoms with Crippen LogP contribution in [-0.4, -0.2) is 36.2 Å². The predicted molar refractivity (Wildman–Crippen MR) is 81.5 cm³/mol. The molecule has 0 amide bonds. The molecule has 0 aromatic heterocycles. The molecule has 0 N–H and O–H groups in total. The molecule has 0 aliphatic carbocycles. The van der Waals surface area contributed by atoms with Crippen LogP contribution in [0.2, 0.25) is 0 Å². The highest BCUT2D eigenvalue weighted by molar-refractivity contribution is 8.93. The van der Waals surface area contributed by atoms with Crippen molar-refractivity contribution in [3.8, 4) is 0 Å². The smallest absolute Gasteiger partial charge is 0.0315 e. The average Bonchev–Trinajstić information content (AvgIpc) is 2.17. The highest BCUT2D eigenvalue weighted by Crippen LogP contribution is 1.99. The van der Waals surface area contributed by atoms with Crippen molar-refractivity contribution in [1.29, 1.82) is 0 Å². The number of rotatable bonds is 9. The lowest BCUT2D eigenvalue weighted by Crippen LogP contribution is -2.43. The second kappa shape index (κ2) is 14.6. The van der Waals surface area contributed by atoms with Crippen molar-refractivity contribution in [2.24, 2.45) is 0 Å². The second-order valence-corrected chi connectivity index (χ2v) is 2.90. The number of hydrazine groups is 1. The van der Waals surface area contributed by atoms with Gasteiger partial charge in [0.15, 0.2) is 0 Å². The van der Waals surface area contributed by atoms with Gasteiger partial charge in [-0.3, -0.25) is 0 Å². The molecule has 0 rings (SSSR count). The first-order valence-corrected chi connectivity index (χ1v) is 4.73. The summed E-state index contributed by atoms with van der Waals surface area (Å²) in [4.78, 5) is 0. The van der Waals surface area contributed by atoms with E-state index < -0.39 is 0 Å². The Morgan fingerprint density at radius 3 is 0.938 bits per heavy atom. The predicted octanol–water partition coefficient (Wildman–Crippen LogP) is 3.25. The van der Waals surface area contributed by atoms with Crippen LogP contribution in [0.25, 0.3) is 0 Å². The Bertz CT molecular complexity index is 165. The van der Waals surface area contributed by atoms with Crippen LogP contribution >= 0.6 is 29.4 Å². The fraction of sp³-hybridized carbons (Fsp3) is 0.333.